The van der Waals surface area contributed by atoms with Gasteiger partial charge < -0.3 is 5.11 Å². The maximum Gasteiger partial charge on any atom is 0.267 e. The van der Waals surface area contributed by atoms with Crippen molar-refractivity contribution < 1.29 is 17.9 Å². The highest BCUT2D eigenvalue weighted by atomic mass is 32.2. The molecule has 1 aromatic heterocycles. The normalized spacial score (nSPS) is 11.6. The van der Waals surface area contributed by atoms with Gasteiger partial charge in [-0.25, -0.2) is 12.8 Å². The number of halogens is 1. The summed E-state index contributed by atoms with van der Waals surface area (Å²) in [5, 5.41) is 12.7. The number of hydrogen-bond acceptors (Lipinski definition) is 4. The minimum atomic E-state index is -3.77. The number of rotatable bonds is 6. The summed E-state index contributed by atoms with van der Waals surface area (Å²) in [5.74, 6) is -0.428. The Bertz CT molecular complexity index is 698. The van der Waals surface area contributed by atoms with Crippen LogP contribution in [0.1, 0.15) is 6.92 Å². The topological polar surface area (TPSA) is 75.4 Å². The first-order chi connectivity index (χ1) is 9.98. The van der Waals surface area contributed by atoms with Crippen LogP contribution in [0, 0.1) is 5.82 Å². The molecule has 0 saturated heterocycles. The van der Waals surface area contributed by atoms with Crippen LogP contribution in [0.2, 0.25) is 0 Å². The minimum Gasteiger partial charge on any atom is -0.394 e. The summed E-state index contributed by atoms with van der Waals surface area (Å²) >= 11 is 0. The van der Waals surface area contributed by atoms with Crippen LogP contribution in [-0.2, 0) is 16.6 Å². The van der Waals surface area contributed by atoms with Gasteiger partial charge in [0.2, 0.25) is 0 Å². The standard InChI is InChI=1S/C13H16FN3O3S/c1-2-17(12-5-3-11(14)4-6-12)21(19,20)13-9-15-16(10-13)7-8-18/h3-6,9-10,18H,2,7-8H2,1H3. The predicted molar refractivity (Wildman–Crippen MR) is 75.9 cm³/mol. The second-order valence-electron chi connectivity index (χ2n) is 4.31. The van der Waals surface area contributed by atoms with Crippen molar-refractivity contribution in [3.05, 3.63) is 42.5 Å². The zero-order valence-electron chi connectivity index (χ0n) is 11.5. The molecule has 0 saturated carbocycles. The summed E-state index contributed by atoms with van der Waals surface area (Å²) in [6, 6.07) is 5.24. The fourth-order valence-corrected chi connectivity index (χ4v) is 3.36. The number of benzene rings is 1. The van der Waals surface area contributed by atoms with Gasteiger partial charge >= 0.3 is 0 Å². The van der Waals surface area contributed by atoms with E-state index in [1.54, 1.807) is 6.92 Å². The molecule has 6 nitrogen and oxygen atoms in total. The van der Waals surface area contributed by atoms with Crippen molar-refractivity contribution in [1.29, 1.82) is 0 Å². The average molecular weight is 313 g/mol. The molecule has 2 rings (SSSR count). The molecule has 0 aliphatic heterocycles. The number of sulfonamides is 1. The van der Waals surface area contributed by atoms with E-state index in [4.69, 9.17) is 5.11 Å². The Kier molecular flexibility index (Phi) is 4.59. The maximum atomic E-state index is 13.0. The molecule has 8 heteroatoms. The van der Waals surface area contributed by atoms with Crippen molar-refractivity contribution in [1.82, 2.24) is 9.78 Å². The highest BCUT2D eigenvalue weighted by Crippen LogP contribution is 2.23. The molecule has 1 aromatic carbocycles. The fraction of sp³-hybridized carbons (Fsp3) is 0.308. The van der Waals surface area contributed by atoms with Gasteiger partial charge in [0, 0.05) is 12.7 Å². The highest BCUT2D eigenvalue weighted by molar-refractivity contribution is 7.92. The van der Waals surface area contributed by atoms with Crippen LogP contribution >= 0.6 is 0 Å². The van der Waals surface area contributed by atoms with Crippen LogP contribution in [0.15, 0.2) is 41.6 Å². The van der Waals surface area contributed by atoms with Gasteiger partial charge in [0.1, 0.15) is 10.7 Å². The number of hydrogen-bond donors (Lipinski definition) is 1. The summed E-state index contributed by atoms with van der Waals surface area (Å²) in [7, 11) is -3.77. The van der Waals surface area contributed by atoms with E-state index in [1.807, 2.05) is 0 Å². The lowest BCUT2D eigenvalue weighted by Gasteiger charge is -2.21. The van der Waals surface area contributed by atoms with Crippen LogP contribution in [0.25, 0.3) is 0 Å². The van der Waals surface area contributed by atoms with Gasteiger partial charge in [-0.15, -0.1) is 0 Å². The van der Waals surface area contributed by atoms with E-state index in [9.17, 15) is 12.8 Å². The number of anilines is 1. The summed E-state index contributed by atoms with van der Waals surface area (Å²) in [6.07, 6.45) is 2.59. The van der Waals surface area contributed by atoms with E-state index >= 15 is 0 Å². The minimum absolute atomic E-state index is 0.0297. The molecule has 114 valence electrons. The third kappa shape index (κ3) is 3.22. The number of aliphatic hydroxyl groups is 1. The Hall–Kier alpha value is -1.93. The molecule has 0 fully saturated rings. The van der Waals surface area contributed by atoms with E-state index in [0.717, 1.165) is 0 Å². The lowest BCUT2D eigenvalue weighted by atomic mass is 10.3. The molecular weight excluding hydrogens is 297 g/mol. The van der Waals surface area contributed by atoms with Gasteiger partial charge in [-0.2, -0.15) is 5.10 Å². The van der Waals surface area contributed by atoms with Gasteiger partial charge in [0.05, 0.1) is 25.0 Å². The Balaban J connectivity index is 2.36. The number of aliphatic hydroxyl groups excluding tert-OH is 1. The Morgan fingerprint density at radius 1 is 1.33 bits per heavy atom. The average Bonchev–Trinajstić information content (AvgIpc) is 2.91. The first-order valence-corrected chi connectivity index (χ1v) is 7.84. The smallest absolute Gasteiger partial charge is 0.267 e. The lowest BCUT2D eigenvalue weighted by molar-refractivity contribution is 0.269. The third-order valence-electron chi connectivity index (χ3n) is 2.93. The third-order valence-corrected chi connectivity index (χ3v) is 4.78. The molecule has 21 heavy (non-hydrogen) atoms. The molecule has 0 atom stereocenters. The number of nitrogens with zero attached hydrogens (tertiary/aromatic N) is 3. The number of aromatic nitrogens is 2. The summed E-state index contributed by atoms with van der Waals surface area (Å²) < 4.78 is 40.6. The molecule has 0 aliphatic carbocycles. The van der Waals surface area contributed by atoms with Crippen molar-refractivity contribution >= 4 is 15.7 Å². The lowest BCUT2D eigenvalue weighted by Crippen LogP contribution is -2.30. The molecular formula is C13H16FN3O3S. The molecule has 0 radical (unpaired) electrons. The van der Waals surface area contributed by atoms with Gasteiger partial charge in [0.15, 0.2) is 0 Å². The monoisotopic (exact) mass is 313 g/mol. The molecule has 0 unspecified atom stereocenters. The van der Waals surface area contributed by atoms with E-state index in [1.165, 1.54) is 45.6 Å². The fourth-order valence-electron chi connectivity index (χ4n) is 1.93. The van der Waals surface area contributed by atoms with Crippen LogP contribution < -0.4 is 4.31 Å². The molecule has 0 amide bonds. The van der Waals surface area contributed by atoms with Gasteiger partial charge in [-0.05, 0) is 31.2 Å². The highest BCUT2D eigenvalue weighted by Gasteiger charge is 2.25. The van der Waals surface area contributed by atoms with E-state index in [0.29, 0.717) is 5.69 Å². The van der Waals surface area contributed by atoms with Crippen LogP contribution in [0.5, 0.6) is 0 Å². The van der Waals surface area contributed by atoms with Crippen molar-refractivity contribution in [3.8, 4) is 0 Å². The van der Waals surface area contributed by atoms with Crippen LogP contribution in [0.4, 0.5) is 10.1 Å². The first kappa shape index (κ1) is 15.5. The van der Waals surface area contributed by atoms with Crippen molar-refractivity contribution in [2.24, 2.45) is 0 Å². The van der Waals surface area contributed by atoms with Crippen molar-refractivity contribution in [2.45, 2.75) is 18.4 Å². The maximum absolute atomic E-state index is 13.0. The van der Waals surface area contributed by atoms with Gasteiger partial charge in [-0.3, -0.25) is 8.99 Å². The van der Waals surface area contributed by atoms with E-state index in [2.05, 4.69) is 5.10 Å². The Labute approximate surface area is 122 Å². The Morgan fingerprint density at radius 3 is 2.57 bits per heavy atom. The largest absolute Gasteiger partial charge is 0.394 e. The summed E-state index contributed by atoms with van der Waals surface area (Å²) in [4.78, 5) is 0.0297. The molecule has 0 bridgehead atoms. The zero-order chi connectivity index (χ0) is 15.5. The van der Waals surface area contributed by atoms with E-state index < -0.39 is 15.8 Å². The zero-order valence-corrected chi connectivity index (χ0v) is 12.3. The van der Waals surface area contributed by atoms with Gasteiger partial charge in [-0.1, -0.05) is 0 Å². The SMILES string of the molecule is CCN(c1ccc(F)cc1)S(=O)(=O)c1cnn(CCO)c1. The van der Waals surface area contributed by atoms with Crippen LogP contribution in [-0.4, -0.2) is 36.5 Å². The second kappa shape index (κ2) is 6.23. The second-order valence-corrected chi connectivity index (χ2v) is 6.17. The Morgan fingerprint density at radius 2 is 2.00 bits per heavy atom. The molecule has 1 heterocycles. The molecule has 0 aliphatic rings. The summed E-state index contributed by atoms with van der Waals surface area (Å²) in [5.41, 5.74) is 0.383. The van der Waals surface area contributed by atoms with Gasteiger partial charge in [0.25, 0.3) is 10.0 Å². The molecule has 1 N–H and O–H groups in total. The predicted octanol–water partition coefficient (Wildman–Crippen LogP) is 1.23. The first-order valence-electron chi connectivity index (χ1n) is 6.40. The summed E-state index contributed by atoms with van der Waals surface area (Å²) in [6.45, 7) is 1.99. The van der Waals surface area contributed by atoms with Crippen molar-refractivity contribution in [3.63, 3.8) is 0 Å². The van der Waals surface area contributed by atoms with Crippen LogP contribution in [0.3, 0.4) is 0 Å². The molecule has 0 spiro atoms. The quantitative estimate of drug-likeness (QED) is 0.870. The molecule has 2 aromatic rings. The van der Waals surface area contributed by atoms with Crippen molar-refractivity contribution in [2.75, 3.05) is 17.5 Å². The van der Waals surface area contributed by atoms with E-state index in [-0.39, 0.29) is 24.6 Å².